The molecule has 1 aromatic carbocycles. The second-order valence-corrected chi connectivity index (χ2v) is 6.07. The molecule has 1 N–H and O–H groups in total. The van der Waals surface area contributed by atoms with Crippen LogP contribution in [0.5, 0.6) is 5.75 Å². The SMILES string of the molecule is COc1ccc(CN(C)C(=O)NCc2noc(CC(C)C)n2)cc1. The van der Waals surface area contributed by atoms with Gasteiger partial charge in [0, 0.05) is 20.0 Å². The van der Waals surface area contributed by atoms with Crippen molar-refractivity contribution in [2.24, 2.45) is 5.92 Å². The van der Waals surface area contributed by atoms with Crippen LogP contribution in [0.3, 0.4) is 0 Å². The summed E-state index contributed by atoms with van der Waals surface area (Å²) >= 11 is 0. The molecule has 0 fully saturated rings. The van der Waals surface area contributed by atoms with E-state index in [0.29, 0.717) is 24.2 Å². The minimum atomic E-state index is -0.193. The highest BCUT2D eigenvalue weighted by molar-refractivity contribution is 5.73. The van der Waals surface area contributed by atoms with E-state index in [4.69, 9.17) is 9.26 Å². The molecule has 0 atom stereocenters. The third kappa shape index (κ3) is 5.26. The fourth-order valence-electron chi connectivity index (χ4n) is 2.16. The Balaban J connectivity index is 1.81. The van der Waals surface area contributed by atoms with Gasteiger partial charge in [-0.05, 0) is 23.6 Å². The molecule has 24 heavy (non-hydrogen) atoms. The highest BCUT2D eigenvalue weighted by atomic mass is 16.5. The predicted molar refractivity (Wildman–Crippen MR) is 89.5 cm³/mol. The molecule has 0 spiro atoms. The largest absolute Gasteiger partial charge is 0.497 e. The van der Waals surface area contributed by atoms with Gasteiger partial charge in [-0.15, -0.1) is 0 Å². The number of carbonyl (C=O) groups excluding carboxylic acids is 1. The first-order valence-electron chi connectivity index (χ1n) is 7.91. The lowest BCUT2D eigenvalue weighted by molar-refractivity contribution is 0.206. The van der Waals surface area contributed by atoms with Gasteiger partial charge in [0.2, 0.25) is 5.89 Å². The van der Waals surface area contributed by atoms with Crippen LogP contribution in [0.25, 0.3) is 0 Å². The minimum absolute atomic E-state index is 0.193. The van der Waals surface area contributed by atoms with Crippen LogP contribution in [0.2, 0.25) is 0 Å². The van der Waals surface area contributed by atoms with E-state index < -0.39 is 0 Å². The second kappa shape index (κ2) is 8.33. The van der Waals surface area contributed by atoms with E-state index in [1.165, 1.54) is 0 Å². The predicted octanol–water partition coefficient (Wildman–Crippen LogP) is 2.62. The molecule has 0 radical (unpaired) electrons. The van der Waals surface area contributed by atoms with Crippen LogP contribution in [-0.2, 0) is 19.5 Å². The average Bonchev–Trinajstić information content (AvgIpc) is 3.00. The molecule has 0 saturated carbocycles. The first-order chi connectivity index (χ1) is 11.5. The Bertz CT molecular complexity index is 652. The number of aromatic nitrogens is 2. The standard InChI is InChI=1S/C17H24N4O3/c1-12(2)9-16-19-15(20-24-16)10-18-17(22)21(3)11-13-5-7-14(23-4)8-6-13/h5-8,12H,9-11H2,1-4H3,(H,18,22). The van der Waals surface area contributed by atoms with Gasteiger partial charge in [-0.2, -0.15) is 4.98 Å². The Kier molecular flexibility index (Phi) is 6.17. The van der Waals surface area contributed by atoms with Gasteiger partial charge in [0.15, 0.2) is 5.82 Å². The zero-order valence-corrected chi connectivity index (χ0v) is 14.6. The molecule has 0 bridgehead atoms. The molecule has 1 aromatic heterocycles. The highest BCUT2D eigenvalue weighted by Gasteiger charge is 2.12. The molecule has 2 aromatic rings. The van der Waals surface area contributed by atoms with Crippen molar-refractivity contribution in [3.8, 4) is 5.75 Å². The van der Waals surface area contributed by atoms with E-state index in [1.54, 1.807) is 19.1 Å². The summed E-state index contributed by atoms with van der Waals surface area (Å²) in [6.07, 6.45) is 0.734. The van der Waals surface area contributed by atoms with Crippen molar-refractivity contribution in [1.82, 2.24) is 20.4 Å². The summed E-state index contributed by atoms with van der Waals surface area (Å²) in [5.41, 5.74) is 1.02. The molecular formula is C17H24N4O3. The molecule has 0 aliphatic rings. The summed E-state index contributed by atoms with van der Waals surface area (Å²) < 4.78 is 10.3. The molecule has 130 valence electrons. The highest BCUT2D eigenvalue weighted by Crippen LogP contribution is 2.12. The van der Waals surface area contributed by atoms with Gasteiger partial charge in [-0.3, -0.25) is 0 Å². The topological polar surface area (TPSA) is 80.5 Å². The Morgan fingerprint density at radius 2 is 2.04 bits per heavy atom. The Labute approximate surface area is 142 Å². The van der Waals surface area contributed by atoms with Crippen LogP contribution in [-0.4, -0.2) is 35.2 Å². The van der Waals surface area contributed by atoms with Gasteiger partial charge in [0.1, 0.15) is 5.75 Å². The normalized spacial score (nSPS) is 10.7. The van der Waals surface area contributed by atoms with Crippen molar-refractivity contribution in [1.29, 1.82) is 0 Å². The molecule has 0 saturated heterocycles. The average molecular weight is 332 g/mol. The number of nitrogens with zero attached hydrogens (tertiary/aromatic N) is 3. The summed E-state index contributed by atoms with van der Waals surface area (Å²) in [7, 11) is 3.36. The molecule has 0 unspecified atom stereocenters. The number of methoxy groups -OCH3 is 1. The van der Waals surface area contributed by atoms with Crippen molar-refractivity contribution in [2.75, 3.05) is 14.2 Å². The maximum atomic E-state index is 12.1. The molecule has 2 amide bonds. The third-order valence-electron chi connectivity index (χ3n) is 3.42. The summed E-state index contributed by atoms with van der Waals surface area (Å²) in [6, 6.07) is 7.41. The number of rotatable bonds is 7. The van der Waals surface area contributed by atoms with Crippen molar-refractivity contribution in [3.05, 3.63) is 41.5 Å². The Hall–Kier alpha value is -2.57. The van der Waals surface area contributed by atoms with Crippen molar-refractivity contribution < 1.29 is 14.1 Å². The minimum Gasteiger partial charge on any atom is -0.497 e. The first kappa shape index (κ1) is 17.8. The van der Waals surface area contributed by atoms with Crippen molar-refractivity contribution >= 4 is 6.03 Å². The Morgan fingerprint density at radius 1 is 1.33 bits per heavy atom. The van der Waals surface area contributed by atoms with Crippen LogP contribution < -0.4 is 10.1 Å². The number of urea groups is 1. The lowest BCUT2D eigenvalue weighted by atomic mass is 10.1. The summed E-state index contributed by atoms with van der Waals surface area (Å²) in [5, 5.41) is 6.66. The van der Waals surface area contributed by atoms with E-state index in [9.17, 15) is 4.79 Å². The molecule has 2 rings (SSSR count). The van der Waals surface area contributed by atoms with Crippen LogP contribution >= 0.6 is 0 Å². The van der Waals surface area contributed by atoms with Crippen LogP contribution in [0.4, 0.5) is 4.79 Å². The first-order valence-corrected chi connectivity index (χ1v) is 7.91. The van der Waals surface area contributed by atoms with Gasteiger partial charge in [0.25, 0.3) is 0 Å². The molecule has 7 heteroatoms. The van der Waals surface area contributed by atoms with Crippen LogP contribution in [0, 0.1) is 5.92 Å². The van der Waals surface area contributed by atoms with Gasteiger partial charge in [-0.1, -0.05) is 31.1 Å². The smallest absolute Gasteiger partial charge is 0.317 e. The zero-order valence-electron chi connectivity index (χ0n) is 14.6. The van der Waals surface area contributed by atoms with Crippen molar-refractivity contribution in [2.45, 2.75) is 33.4 Å². The van der Waals surface area contributed by atoms with Gasteiger partial charge < -0.3 is 19.5 Å². The monoisotopic (exact) mass is 332 g/mol. The fourth-order valence-corrected chi connectivity index (χ4v) is 2.16. The zero-order chi connectivity index (χ0) is 17.5. The van der Waals surface area contributed by atoms with E-state index >= 15 is 0 Å². The maximum absolute atomic E-state index is 12.1. The third-order valence-corrected chi connectivity index (χ3v) is 3.42. The number of benzene rings is 1. The number of hydrogen-bond acceptors (Lipinski definition) is 5. The Morgan fingerprint density at radius 3 is 2.67 bits per heavy atom. The fraction of sp³-hybridized carbons (Fsp3) is 0.471. The summed E-state index contributed by atoms with van der Waals surface area (Å²) in [4.78, 5) is 18.0. The van der Waals surface area contributed by atoms with Crippen molar-refractivity contribution in [3.63, 3.8) is 0 Å². The van der Waals surface area contributed by atoms with E-state index in [1.807, 2.05) is 24.3 Å². The van der Waals surface area contributed by atoms with Crippen LogP contribution in [0.15, 0.2) is 28.8 Å². The maximum Gasteiger partial charge on any atom is 0.317 e. The molecule has 0 aliphatic heterocycles. The van der Waals surface area contributed by atoms with Gasteiger partial charge in [-0.25, -0.2) is 4.79 Å². The number of hydrogen-bond donors (Lipinski definition) is 1. The number of carbonyl (C=O) groups is 1. The molecule has 0 aliphatic carbocycles. The van der Waals surface area contributed by atoms with Gasteiger partial charge in [0.05, 0.1) is 13.7 Å². The lowest BCUT2D eigenvalue weighted by Crippen LogP contribution is -2.36. The quantitative estimate of drug-likeness (QED) is 0.843. The second-order valence-electron chi connectivity index (χ2n) is 6.07. The lowest BCUT2D eigenvalue weighted by Gasteiger charge is -2.17. The molecule has 7 nitrogen and oxygen atoms in total. The summed E-state index contributed by atoms with van der Waals surface area (Å²) in [6.45, 7) is 4.91. The van der Waals surface area contributed by atoms with Crippen LogP contribution in [0.1, 0.15) is 31.1 Å². The van der Waals surface area contributed by atoms with Gasteiger partial charge >= 0.3 is 6.03 Å². The van der Waals surface area contributed by atoms with E-state index in [0.717, 1.165) is 17.7 Å². The van der Waals surface area contributed by atoms with E-state index in [2.05, 4.69) is 29.3 Å². The summed E-state index contributed by atoms with van der Waals surface area (Å²) in [5.74, 6) is 2.32. The molecular weight excluding hydrogens is 308 g/mol. The number of ether oxygens (including phenoxy) is 1. The number of amides is 2. The molecule has 1 heterocycles. The van der Waals surface area contributed by atoms with E-state index in [-0.39, 0.29) is 12.6 Å². The number of nitrogens with one attached hydrogen (secondary N) is 1.